The molecule has 6 nitrogen and oxygen atoms in total. The Balaban J connectivity index is 2.84. The maximum atomic E-state index is 10.5. The Bertz CT molecular complexity index is 267. The zero-order valence-electron chi connectivity index (χ0n) is 11.1. The van der Waals surface area contributed by atoms with E-state index in [1.807, 2.05) is 13.8 Å². The molecule has 0 bridgehead atoms. The fourth-order valence-corrected chi connectivity index (χ4v) is 2.04. The molecule has 1 aliphatic heterocycles. The summed E-state index contributed by atoms with van der Waals surface area (Å²) in [5, 5.41) is 20.0. The number of carbonyl (C=O) groups excluding carboxylic acids is 1. The maximum absolute atomic E-state index is 10.5. The van der Waals surface area contributed by atoms with Crippen LogP contribution in [-0.4, -0.2) is 53.5 Å². The van der Waals surface area contributed by atoms with Crippen molar-refractivity contribution in [2.45, 2.75) is 64.5 Å². The third kappa shape index (κ3) is 3.41. The van der Waals surface area contributed by atoms with Crippen LogP contribution in [0.1, 0.15) is 27.7 Å². The minimum Gasteiger partial charge on any atom is -0.435 e. The van der Waals surface area contributed by atoms with Crippen LogP contribution in [0.15, 0.2) is 0 Å². The van der Waals surface area contributed by atoms with Crippen molar-refractivity contribution >= 4 is 6.47 Å². The van der Waals surface area contributed by atoms with Gasteiger partial charge in [0.2, 0.25) is 6.29 Å². The molecule has 1 rings (SSSR count). The van der Waals surface area contributed by atoms with Gasteiger partial charge in [-0.2, -0.15) is 0 Å². The number of rotatable bonds is 5. The summed E-state index contributed by atoms with van der Waals surface area (Å²) in [6, 6.07) is 0. The molecule has 2 unspecified atom stereocenters. The predicted octanol–water partition coefficient (Wildman–Crippen LogP) is 0.0557. The Hall–Kier alpha value is -0.690. The van der Waals surface area contributed by atoms with Crippen molar-refractivity contribution in [3.05, 3.63) is 0 Å². The molecule has 0 spiro atoms. The van der Waals surface area contributed by atoms with E-state index in [1.54, 1.807) is 13.8 Å². The first kappa shape index (κ1) is 15.4. The van der Waals surface area contributed by atoms with Crippen LogP contribution in [0.2, 0.25) is 0 Å². The topological polar surface area (TPSA) is 85.2 Å². The van der Waals surface area contributed by atoms with Crippen LogP contribution in [0.4, 0.5) is 0 Å². The lowest BCUT2D eigenvalue weighted by atomic mass is 9.92. The van der Waals surface area contributed by atoms with E-state index >= 15 is 0 Å². The van der Waals surface area contributed by atoms with Gasteiger partial charge in [-0.1, -0.05) is 13.8 Å². The summed E-state index contributed by atoms with van der Waals surface area (Å²) in [5.74, 6) is -0.0209. The molecule has 5 atom stereocenters. The summed E-state index contributed by atoms with van der Waals surface area (Å²) in [6.45, 7) is 7.52. The van der Waals surface area contributed by atoms with Gasteiger partial charge in [0.15, 0.2) is 0 Å². The van der Waals surface area contributed by atoms with Crippen LogP contribution in [0.5, 0.6) is 0 Å². The molecule has 18 heavy (non-hydrogen) atoms. The molecule has 0 aromatic heterocycles. The summed E-state index contributed by atoms with van der Waals surface area (Å²) in [4.78, 5) is 10.5. The molecule has 1 fully saturated rings. The number of carbonyl (C=O) groups is 1. The third-order valence-electron chi connectivity index (χ3n) is 2.86. The van der Waals surface area contributed by atoms with Crippen molar-refractivity contribution in [2.24, 2.45) is 5.92 Å². The van der Waals surface area contributed by atoms with E-state index < -0.39 is 30.7 Å². The molecule has 1 saturated heterocycles. The number of hydrogen-bond acceptors (Lipinski definition) is 6. The normalized spacial score (nSPS) is 37.0. The fraction of sp³-hybridized carbons (Fsp3) is 0.917. The molecule has 106 valence electrons. The highest BCUT2D eigenvalue weighted by atomic mass is 16.7. The maximum Gasteiger partial charge on any atom is 0.295 e. The van der Waals surface area contributed by atoms with Gasteiger partial charge in [-0.05, 0) is 19.8 Å². The molecule has 1 aliphatic rings. The van der Waals surface area contributed by atoms with E-state index in [-0.39, 0.29) is 18.5 Å². The minimum atomic E-state index is -1.15. The largest absolute Gasteiger partial charge is 0.435 e. The molecule has 0 aromatic carbocycles. The summed E-state index contributed by atoms with van der Waals surface area (Å²) in [7, 11) is 0. The molecule has 1 heterocycles. The van der Waals surface area contributed by atoms with Crippen molar-refractivity contribution in [1.82, 2.24) is 0 Å². The van der Waals surface area contributed by atoms with E-state index in [9.17, 15) is 15.0 Å². The second-order valence-corrected chi connectivity index (χ2v) is 5.08. The Kier molecular flexibility index (Phi) is 5.52. The van der Waals surface area contributed by atoms with Gasteiger partial charge in [-0.25, -0.2) is 0 Å². The summed E-state index contributed by atoms with van der Waals surface area (Å²) in [5.41, 5.74) is 0. The molecular formula is C12H22O6. The second-order valence-electron chi connectivity index (χ2n) is 5.08. The zero-order valence-corrected chi connectivity index (χ0v) is 11.1. The van der Waals surface area contributed by atoms with Gasteiger partial charge in [0.1, 0.15) is 18.3 Å². The van der Waals surface area contributed by atoms with E-state index in [1.165, 1.54) is 0 Å². The van der Waals surface area contributed by atoms with Crippen LogP contribution in [-0.2, 0) is 19.0 Å². The zero-order chi connectivity index (χ0) is 13.9. The van der Waals surface area contributed by atoms with E-state index in [0.29, 0.717) is 0 Å². The van der Waals surface area contributed by atoms with Crippen LogP contribution < -0.4 is 0 Å². The van der Waals surface area contributed by atoms with E-state index in [2.05, 4.69) is 0 Å². The highest BCUT2D eigenvalue weighted by Gasteiger charge is 2.47. The first-order valence-electron chi connectivity index (χ1n) is 6.14. The van der Waals surface area contributed by atoms with Crippen LogP contribution in [0.25, 0.3) is 0 Å². The van der Waals surface area contributed by atoms with Crippen molar-refractivity contribution in [3.8, 4) is 0 Å². The highest BCUT2D eigenvalue weighted by molar-refractivity contribution is 5.37. The SMILES string of the molecule is CC(C)O[C@@H]1C(OC=O)O[C@@H](C(C)C)[C@@H](O)C1O. The van der Waals surface area contributed by atoms with Gasteiger partial charge in [0.05, 0.1) is 12.2 Å². The molecule has 0 amide bonds. The molecule has 2 N–H and O–H groups in total. The first-order chi connectivity index (χ1) is 8.38. The minimum absolute atomic E-state index is 0.0209. The quantitative estimate of drug-likeness (QED) is 0.681. The Labute approximate surface area is 107 Å². The summed E-state index contributed by atoms with van der Waals surface area (Å²) >= 11 is 0. The second kappa shape index (κ2) is 6.47. The number of ether oxygens (including phenoxy) is 3. The predicted molar refractivity (Wildman–Crippen MR) is 62.7 cm³/mol. The number of hydrogen-bond donors (Lipinski definition) is 2. The van der Waals surface area contributed by atoms with Gasteiger partial charge < -0.3 is 24.4 Å². The summed E-state index contributed by atoms with van der Waals surface area (Å²) < 4.78 is 15.7. The smallest absolute Gasteiger partial charge is 0.295 e. The van der Waals surface area contributed by atoms with Crippen molar-refractivity contribution in [2.75, 3.05) is 0 Å². The molecule has 0 aliphatic carbocycles. The lowest BCUT2D eigenvalue weighted by Gasteiger charge is -2.43. The molecule has 0 saturated carbocycles. The average Bonchev–Trinajstić information content (AvgIpc) is 2.27. The van der Waals surface area contributed by atoms with Gasteiger partial charge >= 0.3 is 0 Å². The van der Waals surface area contributed by atoms with Crippen LogP contribution >= 0.6 is 0 Å². The monoisotopic (exact) mass is 262 g/mol. The number of aliphatic hydroxyl groups excluding tert-OH is 2. The fourth-order valence-electron chi connectivity index (χ4n) is 2.04. The lowest BCUT2D eigenvalue weighted by molar-refractivity contribution is -0.305. The third-order valence-corrected chi connectivity index (χ3v) is 2.86. The lowest BCUT2D eigenvalue weighted by Crippen LogP contribution is -2.60. The van der Waals surface area contributed by atoms with Crippen LogP contribution in [0.3, 0.4) is 0 Å². The molecule has 0 radical (unpaired) electrons. The van der Waals surface area contributed by atoms with Crippen molar-refractivity contribution in [3.63, 3.8) is 0 Å². The van der Waals surface area contributed by atoms with Crippen molar-refractivity contribution < 1.29 is 29.2 Å². The molecular weight excluding hydrogens is 240 g/mol. The van der Waals surface area contributed by atoms with Gasteiger partial charge in [0.25, 0.3) is 6.47 Å². The van der Waals surface area contributed by atoms with Crippen LogP contribution in [0, 0.1) is 5.92 Å². The Morgan fingerprint density at radius 2 is 1.78 bits per heavy atom. The Morgan fingerprint density at radius 1 is 1.17 bits per heavy atom. The standard InChI is InChI=1S/C12H22O6/c1-6(2)10-8(14)9(15)11(17-7(3)4)12(18-10)16-5-13/h5-12,14-15H,1-4H3/t8-,9?,10-,11-,12?/m0/s1. The number of aliphatic hydroxyl groups is 2. The molecule has 0 aromatic rings. The Morgan fingerprint density at radius 3 is 2.22 bits per heavy atom. The highest BCUT2D eigenvalue weighted by Crippen LogP contribution is 2.28. The van der Waals surface area contributed by atoms with E-state index in [4.69, 9.17) is 14.2 Å². The molecule has 6 heteroatoms. The van der Waals surface area contributed by atoms with Gasteiger partial charge in [0, 0.05) is 0 Å². The average molecular weight is 262 g/mol. The summed E-state index contributed by atoms with van der Waals surface area (Å²) in [6.07, 6.45) is -4.90. The first-order valence-corrected chi connectivity index (χ1v) is 6.14. The van der Waals surface area contributed by atoms with Crippen molar-refractivity contribution in [1.29, 1.82) is 0 Å². The van der Waals surface area contributed by atoms with Gasteiger partial charge in [-0.3, -0.25) is 4.79 Å². The van der Waals surface area contributed by atoms with Gasteiger partial charge in [-0.15, -0.1) is 0 Å². The van der Waals surface area contributed by atoms with E-state index in [0.717, 1.165) is 0 Å².